The largest absolute Gasteiger partial charge is 0.465 e. The Kier molecular flexibility index (Phi) is 5.11. The molecule has 1 fully saturated rings. The average Bonchev–Trinajstić information content (AvgIpc) is 3.13. The second-order valence-corrected chi connectivity index (χ2v) is 13.8. The Hall–Kier alpha value is -1.87. The predicted octanol–water partition coefficient (Wildman–Crippen LogP) is 3.33. The van der Waals surface area contributed by atoms with Crippen LogP contribution in [0.4, 0.5) is 9.59 Å². The van der Waals surface area contributed by atoms with Gasteiger partial charge in [0.25, 0.3) is 0 Å². The van der Waals surface area contributed by atoms with Gasteiger partial charge in [0.05, 0.1) is 25.0 Å². The van der Waals surface area contributed by atoms with Crippen molar-refractivity contribution in [1.29, 1.82) is 0 Å². The molecule has 2 aliphatic heterocycles. The average molecular weight is 395 g/mol. The zero-order chi connectivity index (χ0) is 20.0. The first-order valence-electron chi connectivity index (χ1n) is 9.49. The van der Waals surface area contributed by atoms with E-state index in [0.29, 0.717) is 44.9 Å². The molecular formula is C18H30N4O4Si. The molecule has 9 heteroatoms. The highest BCUT2D eigenvalue weighted by atomic mass is 28.4. The van der Waals surface area contributed by atoms with Crippen molar-refractivity contribution >= 4 is 20.4 Å². The molecule has 0 atom stereocenters. The fraction of sp³-hybridized carbons (Fsp3) is 0.722. The van der Waals surface area contributed by atoms with Crippen molar-refractivity contribution in [2.75, 3.05) is 13.1 Å². The number of piperidine rings is 1. The zero-order valence-corrected chi connectivity index (χ0v) is 17.9. The lowest BCUT2D eigenvalue weighted by Crippen LogP contribution is -2.47. The van der Waals surface area contributed by atoms with Crippen LogP contribution in [0, 0.1) is 0 Å². The van der Waals surface area contributed by atoms with E-state index < -0.39 is 14.4 Å². The summed E-state index contributed by atoms with van der Waals surface area (Å²) in [5, 5.41) is 9.19. The topological polar surface area (TPSA) is 87.9 Å². The standard InChI is InChI=1S/C18H30N4O4Si/c1-18(2,3)27(4,5)26-12-15-19-10-14-11-21(16(23)22(14)15)13-6-8-20(9-7-13)17(24)25/h10,13H,6-9,11-12H2,1-5H3,(H,24,25). The van der Waals surface area contributed by atoms with Crippen LogP contribution in [0.1, 0.15) is 45.1 Å². The van der Waals surface area contributed by atoms with Crippen LogP contribution in [0.15, 0.2) is 6.20 Å². The summed E-state index contributed by atoms with van der Waals surface area (Å²) in [4.78, 5) is 31.7. The summed E-state index contributed by atoms with van der Waals surface area (Å²) >= 11 is 0. The zero-order valence-electron chi connectivity index (χ0n) is 16.9. The number of hydrogen-bond donors (Lipinski definition) is 1. The van der Waals surface area contributed by atoms with Crippen LogP contribution in [0.2, 0.25) is 18.1 Å². The Morgan fingerprint density at radius 3 is 2.52 bits per heavy atom. The molecule has 27 heavy (non-hydrogen) atoms. The smallest absolute Gasteiger partial charge is 0.407 e. The Balaban J connectivity index is 1.66. The van der Waals surface area contributed by atoms with Crippen LogP contribution >= 0.6 is 0 Å². The molecule has 8 nitrogen and oxygen atoms in total. The number of amides is 2. The summed E-state index contributed by atoms with van der Waals surface area (Å²) in [5.41, 5.74) is 0.884. The first-order chi connectivity index (χ1) is 12.5. The van der Waals surface area contributed by atoms with E-state index >= 15 is 0 Å². The lowest BCUT2D eigenvalue weighted by Gasteiger charge is -2.36. The molecule has 1 aromatic heterocycles. The van der Waals surface area contributed by atoms with Gasteiger partial charge in [-0.2, -0.15) is 0 Å². The van der Waals surface area contributed by atoms with Crippen molar-refractivity contribution in [2.24, 2.45) is 0 Å². The van der Waals surface area contributed by atoms with E-state index in [2.05, 4.69) is 38.8 Å². The number of carboxylic acid groups (broad SMARTS) is 1. The van der Waals surface area contributed by atoms with Crippen molar-refractivity contribution in [1.82, 2.24) is 19.4 Å². The van der Waals surface area contributed by atoms with E-state index in [-0.39, 0.29) is 17.1 Å². The minimum absolute atomic E-state index is 0.0647. The number of rotatable bonds is 4. The third-order valence-electron chi connectivity index (χ3n) is 6.22. The molecule has 2 aliphatic rings. The Morgan fingerprint density at radius 2 is 1.96 bits per heavy atom. The van der Waals surface area contributed by atoms with Gasteiger partial charge in [-0.05, 0) is 31.0 Å². The van der Waals surface area contributed by atoms with Gasteiger partial charge in [0.15, 0.2) is 8.32 Å². The second kappa shape index (κ2) is 6.94. The molecule has 0 bridgehead atoms. The van der Waals surface area contributed by atoms with Crippen molar-refractivity contribution in [3.8, 4) is 0 Å². The van der Waals surface area contributed by atoms with E-state index in [1.54, 1.807) is 10.8 Å². The molecule has 3 rings (SSSR count). The number of nitrogens with zero attached hydrogens (tertiary/aromatic N) is 4. The molecule has 0 aliphatic carbocycles. The summed E-state index contributed by atoms with van der Waals surface area (Å²) in [7, 11) is -1.92. The van der Waals surface area contributed by atoms with E-state index in [4.69, 9.17) is 9.53 Å². The van der Waals surface area contributed by atoms with E-state index in [0.717, 1.165) is 5.69 Å². The SMILES string of the molecule is CC(C)(C)[Si](C)(C)OCc1ncc2n1C(=O)N(C1CCN(C(=O)O)CC1)C2. The van der Waals surface area contributed by atoms with Crippen LogP contribution in [0.25, 0.3) is 0 Å². The highest BCUT2D eigenvalue weighted by Gasteiger charge is 2.39. The molecule has 0 spiro atoms. The first kappa shape index (κ1) is 19.9. The fourth-order valence-electron chi connectivity index (χ4n) is 3.36. The van der Waals surface area contributed by atoms with Gasteiger partial charge < -0.3 is 19.3 Å². The van der Waals surface area contributed by atoms with Gasteiger partial charge in [-0.15, -0.1) is 0 Å². The molecule has 1 N–H and O–H groups in total. The Morgan fingerprint density at radius 1 is 1.33 bits per heavy atom. The monoisotopic (exact) mass is 394 g/mol. The molecule has 1 saturated heterocycles. The van der Waals surface area contributed by atoms with Gasteiger partial charge in [-0.1, -0.05) is 20.8 Å². The van der Waals surface area contributed by atoms with Crippen molar-refractivity contribution < 1.29 is 19.1 Å². The van der Waals surface area contributed by atoms with Gasteiger partial charge in [0.1, 0.15) is 5.82 Å². The number of carbonyl (C=O) groups excluding carboxylic acids is 1. The maximum Gasteiger partial charge on any atom is 0.407 e. The Bertz CT molecular complexity index is 732. The quantitative estimate of drug-likeness (QED) is 0.792. The maximum absolute atomic E-state index is 13.0. The van der Waals surface area contributed by atoms with Crippen LogP contribution in [0.5, 0.6) is 0 Å². The fourth-order valence-corrected chi connectivity index (χ4v) is 4.29. The highest BCUT2D eigenvalue weighted by Crippen LogP contribution is 2.37. The third-order valence-corrected chi connectivity index (χ3v) is 10.7. The van der Waals surface area contributed by atoms with Crippen LogP contribution < -0.4 is 0 Å². The first-order valence-corrected chi connectivity index (χ1v) is 12.4. The van der Waals surface area contributed by atoms with E-state index in [1.165, 1.54) is 4.90 Å². The molecule has 3 heterocycles. The molecule has 0 unspecified atom stereocenters. The van der Waals surface area contributed by atoms with E-state index in [9.17, 15) is 9.59 Å². The summed E-state index contributed by atoms with van der Waals surface area (Å²) in [6.07, 6.45) is 2.22. The van der Waals surface area contributed by atoms with Crippen molar-refractivity contribution in [2.45, 2.75) is 70.9 Å². The van der Waals surface area contributed by atoms with E-state index in [1.807, 2.05) is 4.90 Å². The van der Waals surface area contributed by atoms with Crippen LogP contribution in [-0.2, 0) is 17.6 Å². The number of carbonyl (C=O) groups is 2. The van der Waals surface area contributed by atoms with Gasteiger partial charge in [0.2, 0.25) is 0 Å². The molecule has 0 saturated carbocycles. The summed E-state index contributed by atoms with van der Waals surface area (Å²) in [6.45, 7) is 12.7. The maximum atomic E-state index is 13.0. The lowest BCUT2D eigenvalue weighted by atomic mass is 10.0. The van der Waals surface area contributed by atoms with Crippen molar-refractivity contribution in [3.63, 3.8) is 0 Å². The normalized spacial score (nSPS) is 18.9. The van der Waals surface area contributed by atoms with Crippen molar-refractivity contribution in [3.05, 3.63) is 17.7 Å². The Labute approximate surface area is 161 Å². The van der Waals surface area contributed by atoms with Crippen LogP contribution in [0.3, 0.4) is 0 Å². The molecular weight excluding hydrogens is 364 g/mol. The van der Waals surface area contributed by atoms with Gasteiger partial charge in [-0.25, -0.2) is 19.1 Å². The minimum Gasteiger partial charge on any atom is -0.465 e. The minimum atomic E-state index is -1.92. The molecule has 2 amide bonds. The number of likely N-dealkylation sites (tertiary alicyclic amines) is 1. The van der Waals surface area contributed by atoms with Gasteiger partial charge >= 0.3 is 12.1 Å². The lowest BCUT2D eigenvalue weighted by molar-refractivity contribution is 0.107. The van der Waals surface area contributed by atoms with Gasteiger partial charge in [0, 0.05) is 19.1 Å². The number of aromatic nitrogens is 2. The highest BCUT2D eigenvalue weighted by molar-refractivity contribution is 6.74. The third kappa shape index (κ3) is 3.75. The number of fused-ring (bicyclic) bond motifs is 1. The molecule has 1 aromatic rings. The molecule has 0 aromatic carbocycles. The second-order valence-electron chi connectivity index (χ2n) is 8.96. The predicted molar refractivity (Wildman–Crippen MR) is 103 cm³/mol. The molecule has 150 valence electrons. The van der Waals surface area contributed by atoms with Gasteiger partial charge in [-0.3, -0.25) is 0 Å². The summed E-state index contributed by atoms with van der Waals surface area (Å²) in [5.74, 6) is 0.658. The summed E-state index contributed by atoms with van der Waals surface area (Å²) in [6, 6.07) is 0.00673. The molecule has 0 radical (unpaired) electrons. The summed E-state index contributed by atoms with van der Waals surface area (Å²) < 4.78 is 7.92. The number of imidazole rings is 1. The van der Waals surface area contributed by atoms with Crippen LogP contribution in [-0.4, -0.2) is 64.0 Å². The number of hydrogen-bond acceptors (Lipinski definition) is 4.